The van der Waals surface area contributed by atoms with Gasteiger partial charge in [-0.1, -0.05) is 19.9 Å². The summed E-state index contributed by atoms with van der Waals surface area (Å²) < 4.78 is 27.7. The molecule has 0 aromatic heterocycles. The van der Waals surface area contributed by atoms with Gasteiger partial charge in [0.05, 0.1) is 12.2 Å². The Labute approximate surface area is 245 Å². The molecule has 0 radical (unpaired) electrons. The fraction of sp³-hybridized carbons (Fsp3) is 0.633. The predicted octanol–water partition coefficient (Wildman–Crippen LogP) is 2.60. The van der Waals surface area contributed by atoms with Crippen LogP contribution in [0.1, 0.15) is 75.2 Å². The zero-order chi connectivity index (χ0) is 32.1. The third-order valence-electron chi connectivity index (χ3n) is 7.63. The summed E-state index contributed by atoms with van der Waals surface area (Å²) in [7, 11) is 0. The number of carbonyl (C=O) groups is 5. The van der Waals surface area contributed by atoms with Gasteiger partial charge in [-0.15, -0.1) is 0 Å². The first-order valence-electron chi connectivity index (χ1n) is 13.7. The van der Waals surface area contributed by atoms with Crippen molar-refractivity contribution in [3.8, 4) is 0 Å². The Morgan fingerprint density at radius 3 is 1.79 bits per heavy atom. The third-order valence-corrected chi connectivity index (χ3v) is 7.63. The minimum Gasteiger partial charge on any atom is -0.461 e. The van der Waals surface area contributed by atoms with Gasteiger partial charge in [-0.2, -0.15) is 0 Å². The minimum absolute atomic E-state index is 0.140. The molecule has 0 heterocycles. The van der Waals surface area contributed by atoms with Crippen molar-refractivity contribution in [1.82, 2.24) is 0 Å². The highest BCUT2D eigenvalue weighted by Crippen LogP contribution is 2.51. The molecule has 2 aliphatic rings. The summed E-state index contributed by atoms with van der Waals surface area (Å²) in [5, 5.41) is 22.9. The first-order chi connectivity index (χ1) is 19.4. The van der Waals surface area contributed by atoms with Crippen molar-refractivity contribution < 1.29 is 57.9 Å². The second-order valence-corrected chi connectivity index (χ2v) is 11.3. The second-order valence-electron chi connectivity index (χ2n) is 11.3. The number of aliphatic hydroxyl groups is 2. The summed E-state index contributed by atoms with van der Waals surface area (Å²) in [5.74, 6) is -4.24. The van der Waals surface area contributed by atoms with E-state index in [4.69, 9.17) is 23.7 Å². The summed E-state index contributed by atoms with van der Waals surface area (Å²) in [4.78, 5) is 60.8. The summed E-state index contributed by atoms with van der Waals surface area (Å²) >= 11 is 0. The van der Waals surface area contributed by atoms with Gasteiger partial charge >= 0.3 is 29.8 Å². The van der Waals surface area contributed by atoms with Crippen molar-refractivity contribution in [3.05, 3.63) is 34.1 Å². The van der Waals surface area contributed by atoms with Crippen molar-refractivity contribution in [2.45, 2.75) is 106 Å². The van der Waals surface area contributed by atoms with E-state index in [1.807, 2.05) is 0 Å². The van der Waals surface area contributed by atoms with E-state index in [-0.39, 0.29) is 36.4 Å². The highest BCUT2D eigenvalue weighted by atomic mass is 16.6. The predicted molar refractivity (Wildman–Crippen MR) is 147 cm³/mol. The number of fused-ring (bicyclic) bond motifs is 2. The molecule has 234 valence electrons. The van der Waals surface area contributed by atoms with Crippen LogP contribution in [0.4, 0.5) is 0 Å². The van der Waals surface area contributed by atoms with Crippen LogP contribution in [0.15, 0.2) is 34.1 Å². The Kier molecular flexibility index (Phi) is 11.7. The molecular formula is C30H42O12. The van der Waals surface area contributed by atoms with Crippen molar-refractivity contribution in [1.29, 1.82) is 0 Å². The summed E-state index contributed by atoms with van der Waals surface area (Å²) in [6.45, 7) is 12.4. The topological polar surface area (TPSA) is 172 Å². The maximum Gasteiger partial charge on any atom is 0.307 e. The number of hydrogen-bond acceptors (Lipinski definition) is 12. The maximum atomic E-state index is 12.5. The number of aliphatic hydroxyl groups excluding tert-OH is 2. The van der Waals surface area contributed by atoms with Crippen LogP contribution in [-0.4, -0.2) is 77.2 Å². The molecule has 0 aromatic rings. The van der Waals surface area contributed by atoms with Gasteiger partial charge in [-0.25, -0.2) is 0 Å². The van der Waals surface area contributed by atoms with Crippen LogP contribution in [0.2, 0.25) is 0 Å². The second kappa shape index (κ2) is 14.1. The molecule has 0 fully saturated rings. The SMILES string of the molecule is CC(=O)OC/C1=C\[C@H](O)[C@@H]2C[C@H](OC(C)=O)C(C)=C([C@@H](OC(C)=O)/C(OC(C)=O)=C(/C)[C@@H](OC(C)=O)C[C@@H]1O)C2(C)C. The number of ether oxygens (including phenoxy) is 5. The quantitative estimate of drug-likeness (QED) is 0.262. The molecule has 12 nitrogen and oxygen atoms in total. The standard InChI is InChI=1S/C30H42O12/c1-14-25(39-17(4)32)11-22-24(37)10-21(13-38-16(3)31)23(36)12-26(40-18(5)33)15(2)28(41-19(6)34)29(42-20(7)35)27(14)30(22,8)9/h10,22-26,29,36-37H,11-13H2,1-9H3/b21-10+,28-15+/t22-,23-,24-,25-,26-,29+/m0/s1. The average Bonchev–Trinajstić information content (AvgIpc) is 2.83. The van der Waals surface area contributed by atoms with Crippen LogP contribution >= 0.6 is 0 Å². The lowest BCUT2D eigenvalue weighted by Gasteiger charge is -2.48. The molecule has 2 N–H and O–H groups in total. The van der Waals surface area contributed by atoms with Gasteiger partial charge in [0, 0.05) is 52.5 Å². The van der Waals surface area contributed by atoms with Crippen molar-refractivity contribution >= 4 is 29.8 Å². The van der Waals surface area contributed by atoms with E-state index in [1.165, 1.54) is 33.8 Å². The van der Waals surface area contributed by atoms with E-state index < -0.39 is 71.7 Å². The molecule has 0 saturated heterocycles. The van der Waals surface area contributed by atoms with Gasteiger partial charge in [0.1, 0.15) is 18.8 Å². The minimum atomic E-state index is -1.39. The van der Waals surface area contributed by atoms with Crippen LogP contribution in [-0.2, 0) is 47.7 Å². The molecule has 0 amide bonds. The maximum absolute atomic E-state index is 12.5. The fourth-order valence-electron chi connectivity index (χ4n) is 5.74. The first kappa shape index (κ1) is 34.7. The monoisotopic (exact) mass is 594 g/mol. The normalized spacial score (nSPS) is 30.9. The summed E-state index contributed by atoms with van der Waals surface area (Å²) in [5.41, 5.74) is 0.234. The third kappa shape index (κ3) is 8.51. The highest BCUT2D eigenvalue weighted by Gasteiger charge is 2.50. The number of carbonyl (C=O) groups excluding carboxylic acids is 5. The van der Waals surface area contributed by atoms with Crippen LogP contribution in [0.5, 0.6) is 0 Å². The summed E-state index contributed by atoms with van der Waals surface area (Å²) in [6, 6.07) is 0. The number of esters is 5. The lowest BCUT2D eigenvalue weighted by Crippen LogP contribution is -2.48. The Balaban J connectivity index is 3.05. The lowest BCUT2D eigenvalue weighted by molar-refractivity contribution is -0.152. The van der Waals surface area contributed by atoms with E-state index in [0.717, 1.165) is 13.8 Å². The van der Waals surface area contributed by atoms with Gasteiger partial charge < -0.3 is 33.9 Å². The Morgan fingerprint density at radius 2 is 1.31 bits per heavy atom. The Hall–Kier alpha value is -3.51. The first-order valence-corrected chi connectivity index (χ1v) is 13.7. The zero-order valence-electron chi connectivity index (χ0n) is 25.6. The Morgan fingerprint density at radius 1 is 0.786 bits per heavy atom. The van der Waals surface area contributed by atoms with Crippen LogP contribution in [0.3, 0.4) is 0 Å². The molecule has 42 heavy (non-hydrogen) atoms. The van der Waals surface area contributed by atoms with Gasteiger partial charge in [0.2, 0.25) is 0 Å². The van der Waals surface area contributed by atoms with Gasteiger partial charge in [0.25, 0.3) is 0 Å². The molecule has 0 aromatic carbocycles. The number of rotatable bonds is 6. The molecule has 0 unspecified atom stereocenters. The molecule has 0 spiro atoms. The summed E-state index contributed by atoms with van der Waals surface area (Å²) in [6.07, 6.45) is -4.82. The van der Waals surface area contributed by atoms with E-state index in [0.29, 0.717) is 11.1 Å². The van der Waals surface area contributed by atoms with Crippen LogP contribution in [0.25, 0.3) is 0 Å². The highest BCUT2D eigenvalue weighted by molar-refractivity contribution is 5.70. The van der Waals surface area contributed by atoms with Crippen LogP contribution < -0.4 is 0 Å². The molecule has 2 aliphatic carbocycles. The van der Waals surface area contributed by atoms with Crippen LogP contribution in [0, 0.1) is 11.3 Å². The molecule has 0 saturated carbocycles. The molecular weight excluding hydrogens is 552 g/mol. The molecule has 6 atom stereocenters. The average molecular weight is 595 g/mol. The molecule has 2 rings (SSSR count). The fourth-order valence-corrected chi connectivity index (χ4v) is 5.74. The lowest BCUT2D eigenvalue weighted by atomic mass is 9.60. The van der Waals surface area contributed by atoms with E-state index in [2.05, 4.69) is 0 Å². The molecule has 12 heteroatoms. The van der Waals surface area contributed by atoms with Gasteiger partial charge in [-0.3, -0.25) is 24.0 Å². The number of hydrogen-bond donors (Lipinski definition) is 2. The Bertz CT molecular complexity index is 1190. The van der Waals surface area contributed by atoms with Gasteiger partial charge in [-0.05, 0) is 42.4 Å². The van der Waals surface area contributed by atoms with E-state index in [9.17, 15) is 34.2 Å². The van der Waals surface area contributed by atoms with Crippen molar-refractivity contribution in [2.24, 2.45) is 11.3 Å². The smallest absolute Gasteiger partial charge is 0.307 e. The molecule has 2 bridgehead atoms. The van der Waals surface area contributed by atoms with E-state index in [1.54, 1.807) is 20.8 Å². The largest absolute Gasteiger partial charge is 0.461 e. The van der Waals surface area contributed by atoms with Crippen molar-refractivity contribution in [2.75, 3.05) is 6.61 Å². The molecule has 0 aliphatic heterocycles. The van der Waals surface area contributed by atoms with E-state index >= 15 is 0 Å². The van der Waals surface area contributed by atoms with Gasteiger partial charge in [0.15, 0.2) is 11.9 Å². The zero-order valence-corrected chi connectivity index (χ0v) is 25.6. The van der Waals surface area contributed by atoms with Crippen molar-refractivity contribution in [3.63, 3.8) is 0 Å².